The number of hydrogen-bond acceptors (Lipinski definition) is 7. The average Bonchev–Trinajstić information content (AvgIpc) is 3.23. The van der Waals surface area contributed by atoms with Crippen molar-refractivity contribution in [1.29, 1.82) is 0 Å². The van der Waals surface area contributed by atoms with Crippen molar-refractivity contribution in [3.63, 3.8) is 0 Å². The number of unbranched alkanes of at least 4 members (excludes halogenated alkanes) is 24. The Bertz CT molecular complexity index is 1150. The number of allylic oxidation sites excluding steroid dienone is 8. The molecule has 0 bridgehead atoms. The van der Waals surface area contributed by atoms with E-state index in [4.69, 9.17) is 14.2 Å². The lowest BCUT2D eigenvalue weighted by Gasteiger charge is -2.34. The molecule has 0 aromatic carbocycles. The molecule has 0 aliphatic carbocycles. The number of aliphatic carboxylic acids is 1. The van der Waals surface area contributed by atoms with Crippen molar-refractivity contribution < 1.29 is 38.2 Å². The number of quaternary nitrogens is 1. The van der Waals surface area contributed by atoms with E-state index in [9.17, 15) is 19.5 Å². The minimum atomic E-state index is -1.13. The Morgan fingerprint density at radius 2 is 0.903 bits per heavy atom. The molecule has 0 fully saturated rings. The summed E-state index contributed by atoms with van der Waals surface area (Å²) in [6.07, 6.45) is 54.2. The zero-order valence-corrected chi connectivity index (χ0v) is 41.0. The summed E-state index contributed by atoms with van der Waals surface area (Å²) in [4.78, 5) is 37.0. The number of likely N-dealkylation sites (N-methyl/N-ethyl adjacent to an activating group) is 1. The highest BCUT2D eigenvalue weighted by Crippen LogP contribution is 2.16. The number of carboxylic acid groups (broad SMARTS) is 1. The van der Waals surface area contributed by atoms with Gasteiger partial charge in [-0.15, -0.1) is 0 Å². The normalized spacial score (nSPS) is 13.2. The first-order valence-electron chi connectivity index (χ1n) is 25.7. The molecule has 2 unspecified atom stereocenters. The average molecular weight is 872 g/mol. The van der Waals surface area contributed by atoms with Gasteiger partial charge in [0.05, 0.1) is 40.3 Å². The van der Waals surface area contributed by atoms with Gasteiger partial charge in [0.15, 0.2) is 6.10 Å². The van der Waals surface area contributed by atoms with Gasteiger partial charge in [-0.1, -0.05) is 204 Å². The van der Waals surface area contributed by atoms with Gasteiger partial charge in [-0.2, -0.15) is 0 Å². The third-order valence-electron chi connectivity index (χ3n) is 11.5. The lowest BCUT2D eigenvalue weighted by Crippen LogP contribution is -2.55. The molecule has 8 nitrogen and oxygen atoms in total. The van der Waals surface area contributed by atoms with Gasteiger partial charge in [0, 0.05) is 19.3 Å². The van der Waals surface area contributed by atoms with Gasteiger partial charge in [0.25, 0.3) is 0 Å². The smallest absolute Gasteiger partial charge is 0.306 e. The Kier molecular flexibility index (Phi) is 42.9. The number of rotatable bonds is 46. The van der Waals surface area contributed by atoms with Crippen LogP contribution in [0.5, 0.6) is 0 Å². The predicted molar refractivity (Wildman–Crippen MR) is 259 cm³/mol. The van der Waals surface area contributed by atoms with Crippen LogP contribution in [0, 0.1) is 0 Å². The predicted octanol–water partition coefficient (Wildman–Crippen LogP) is 13.4. The molecule has 62 heavy (non-hydrogen) atoms. The SMILES string of the molecule is CC/C=C/C/C=C/C/C=C/C/C=C/CCCCCCCCC(=O)OC(COCCC(C(=O)[O-])[N+](C)(C)C)COC(=O)CCCCCCCCCCCCCCCCCCCCC. The lowest BCUT2D eigenvalue weighted by molar-refractivity contribution is -0.889. The molecule has 0 aromatic heterocycles. The van der Waals surface area contributed by atoms with Crippen molar-refractivity contribution in [3.05, 3.63) is 48.6 Å². The fraction of sp³-hybridized carbons (Fsp3) is 0.796. The Hall–Kier alpha value is -2.71. The summed E-state index contributed by atoms with van der Waals surface area (Å²) in [7, 11) is 5.41. The highest BCUT2D eigenvalue weighted by atomic mass is 16.6. The topological polar surface area (TPSA) is 102 Å². The van der Waals surface area contributed by atoms with E-state index in [1.165, 1.54) is 116 Å². The van der Waals surface area contributed by atoms with Crippen molar-refractivity contribution in [2.45, 2.75) is 238 Å². The molecule has 360 valence electrons. The van der Waals surface area contributed by atoms with Crippen LogP contribution in [0.3, 0.4) is 0 Å². The quantitative estimate of drug-likeness (QED) is 0.0260. The highest BCUT2D eigenvalue weighted by Gasteiger charge is 2.25. The zero-order chi connectivity index (χ0) is 45.6. The van der Waals surface area contributed by atoms with Gasteiger partial charge < -0.3 is 28.6 Å². The number of carbonyl (C=O) groups is 3. The number of esters is 2. The van der Waals surface area contributed by atoms with Crippen LogP contribution in [0.4, 0.5) is 0 Å². The van der Waals surface area contributed by atoms with Crippen molar-refractivity contribution in [2.24, 2.45) is 0 Å². The van der Waals surface area contributed by atoms with Crippen LogP contribution in [-0.2, 0) is 28.6 Å². The summed E-state index contributed by atoms with van der Waals surface area (Å²) in [6, 6.07) is -0.729. The van der Waals surface area contributed by atoms with Crippen LogP contribution in [-0.4, -0.2) is 75.5 Å². The first-order valence-corrected chi connectivity index (χ1v) is 25.7. The van der Waals surface area contributed by atoms with Crippen LogP contribution in [0.15, 0.2) is 48.6 Å². The molecule has 8 heteroatoms. The Morgan fingerprint density at radius 1 is 0.500 bits per heavy atom. The largest absolute Gasteiger partial charge is 0.544 e. The van der Waals surface area contributed by atoms with Crippen molar-refractivity contribution in [2.75, 3.05) is 41.0 Å². The van der Waals surface area contributed by atoms with Gasteiger partial charge in [-0.3, -0.25) is 9.59 Å². The minimum Gasteiger partial charge on any atom is -0.544 e. The summed E-state index contributed by atoms with van der Waals surface area (Å²) < 4.78 is 17.2. The number of hydrogen-bond donors (Lipinski definition) is 0. The number of carboxylic acids is 1. The van der Waals surface area contributed by atoms with Gasteiger partial charge in [-0.05, 0) is 51.4 Å². The molecular weight excluding hydrogens is 775 g/mol. The molecule has 2 atom stereocenters. The summed E-state index contributed by atoms with van der Waals surface area (Å²) in [6.45, 7) is 4.56. The molecule has 0 heterocycles. The maximum atomic E-state index is 12.8. The first-order chi connectivity index (χ1) is 30.1. The molecule has 0 rings (SSSR count). The van der Waals surface area contributed by atoms with Gasteiger partial charge >= 0.3 is 11.9 Å². The molecule has 0 aliphatic rings. The first kappa shape index (κ1) is 59.3. The fourth-order valence-electron chi connectivity index (χ4n) is 7.53. The molecule has 0 radical (unpaired) electrons. The summed E-state index contributed by atoms with van der Waals surface area (Å²) >= 11 is 0. The fourth-order valence-corrected chi connectivity index (χ4v) is 7.53. The second kappa shape index (κ2) is 44.9. The van der Waals surface area contributed by atoms with Crippen LogP contribution in [0.2, 0.25) is 0 Å². The Morgan fingerprint density at radius 3 is 1.34 bits per heavy atom. The molecule has 0 aromatic rings. The van der Waals surface area contributed by atoms with Crippen molar-refractivity contribution in [1.82, 2.24) is 0 Å². The van der Waals surface area contributed by atoms with Crippen molar-refractivity contribution >= 4 is 17.9 Å². The van der Waals surface area contributed by atoms with Gasteiger partial charge in [-0.25, -0.2) is 0 Å². The van der Waals surface area contributed by atoms with Crippen LogP contribution in [0.25, 0.3) is 0 Å². The van der Waals surface area contributed by atoms with Crippen LogP contribution in [0.1, 0.15) is 226 Å². The molecule has 0 saturated heterocycles. The second-order valence-electron chi connectivity index (χ2n) is 18.4. The van der Waals surface area contributed by atoms with E-state index in [2.05, 4.69) is 62.5 Å². The summed E-state index contributed by atoms with van der Waals surface area (Å²) in [5, 5.41) is 11.7. The monoisotopic (exact) mass is 872 g/mol. The van der Waals surface area contributed by atoms with E-state index in [1.54, 1.807) is 21.1 Å². The van der Waals surface area contributed by atoms with E-state index in [1.807, 2.05) is 0 Å². The zero-order valence-electron chi connectivity index (χ0n) is 41.0. The number of ether oxygens (including phenoxy) is 3. The van der Waals surface area contributed by atoms with Gasteiger partial charge in [0.1, 0.15) is 12.6 Å². The maximum absolute atomic E-state index is 12.8. The van der Waals surface area contributed by atoms with E-state index in [-0.39, 0.29) is 42.7 Å². The van der Waals surface area contributed by atoms with Crippen molar-refractivity contribution in [3.8, 4) is 0 Å². The van der Waals surface area contributed by atoms with Crippen LogP contribution >= 0.6 is 0 Å². The maximum Gasteiger partial charge on any atom is 0.306 e. The molecule has 0 aliphatic heterocycles. The molecule has 0 amide bonds. The number of nitrogens with zero attached hydrogens (tertiary/aromatic N) is 1. The Labute approximate surface area is 382 Å². The second-order valence-corrected chi connectivity index (χ2v) is 18.4. The third kappa shape index (κ3) is 42.6. The Balaban J connectivity index is 4.26. The highest BCUT2D eigenvalue weighted by molar-refractivity contribution is 5.70. The summed E-state index contributed by atoms with van der Waals surface area (Å²) in [5.41, 5.74) is 0. The van der Waals surface area contributed by atoms with E-state index in [0.717, 1.165) is 77.0 Å². The van der Waals surface area contributed by atoms with Crippen LogP contribution < -0.4 is 5.11 Å². The molecular formula is C54H97NO7. The molecule has 0 saturated carbocycles. The standard InChI is InChI=1S/C54H97NO7/c1-6-8-10-12-14-16-18-20-22-24-26-28-30-32-34-36-38-40-42-44-52(56)61-49-50(48-60-47-46-51(54(58)59)55(3,4)5)62-53(57)45-43-41-39-37-35-33-31-29-27-25-23-21-19-17-15-13-11-9-7-2/h9,11,15,17,21,23,27,29,50-51H,6-8,10,12-14,16,18-20,22,24-26,28,30-49H2,1-5H3/b11-9+,17-15+,23-21+,29-27+. The minimum absolute atomic E-state index is 0.0362. The molecule has 0 N–H and O–H groups in total. The third-order valence-corrected chi connectivity index (χ3v) is 11.5. The lowest BCUT2D eigenvalue weighted by atomic mass is 10.0. The van der Waals surface area contributed by atoms with E-state index >= 15 is 0 Å². The van der Waals surface area contributed by atoms with E-state index < -0.39 is 18.1 Å². The summed E-state index contributed by atoms with van der Waals surface area (Å²) in [5.74, 6) is -1.74. The molecule has 0 spiro atoms. The van der Waals surface area contributed by atoms with E-state index in [0.29, 0.717) is 12.8 Å². The number of carbonyl (C=O) groups excluding carboxylic acids is 3. The van der Waals surface area contributed by atoms with Gasteiger partial charge in [0.2, 0.25) is 0 Å².